The van der Waals surface area contributed by atoms with Gasteiger partial charge in [0.05, 0.1) is 0 Å². The van der Waals surface area contributed by atoms with E-state index in [4.69, 9.17) is 4.98 Å². The first kappa shape index (κ1) is 23.7. The van der Waals surface area contributed by atoms with Gasteiger partial charge in [0.15, 0.2) is 0 Å². The van der Waals surface area contributed by atoms with Gasteiger partial charge in [-0.25, -0.2) is 9.97 Å². The summed E-state index contributed by atoms with van der Waals surface area (Å²) in [5, 5.41) is 7.07. The summed E-state index contributed by atoms with van der Waals surface area (Å²) in [7, 11) is 0. The van der Waals surface area contributed by atoms with Crippen LogP contribution >= 0.6 is 0 Å². The van der Waals surface area contributed by atoms with Crippen molar-refractivity contribution < 1.29 is 4.79 Å². The van der Waals surface area contributed by atoms with Crippen molar-refractivity contribution in [3.8, 4) is 0 Å². The lowest BCUT2D eigenvalue weighted by Crippen LogP contribution is -2.58. The van der Waals surface area contributed by atoms with E-state index in [2.05, 4.69) is 54.3 Å². The number of carbonyl (C=O) groups is 1. The Morgan fingerprint density at radius 1 is 1.15 bits per heavy atom. The van der Waals surface area contributed by atoms with Crippen molar-refractivity contribution in [3.05, 3.63) is 47.8 Å². The number of carbonyl (C=O) groups excluding carboxylic acids is 1. The standard InChI is InChI=1S/C27H39N5O/c1-19-9-7-13-28-25(19)30-23-12-6-11-22(29-23)21-10-8-14-32(18-21)24(33)15-20-16-26(2,3)31-27(4,5)17-20/h6-7,9,11-13,20-21,31H,8,10,14-18H2,1-5H3,(H,28,29,30). The summed E-state index contributed by atoms with van der Waals surface area (Å²) in [5.41, 5.74) is 2.28. The molecule has 2 aliphatic heterocycles. The van der Waals surface area contributed by atoms with Crippen LogP contribution in [0.5, 0.6) is 0 Å². The van der Waals surface area contributed by atoms with Gasteiger partial charge in [0.1, 0.15) is 11.6 Å². The molecule has 2 saturated heterocycles. The highest BCUT2D eigenvalue weighted by Crippen LogP contribution is 2.35. The average Bonchev–Trinajstić information content (AvgIpc) is 2.73. The maximum Gasteiger partial charge on any atom is 0.222 e. The summed E-state index contributed by atoms with van der Waals surface area (Å²) in [6.07, 6.45) is 6.61. The SMILES string of the molecule is Cc1cccnc1Nc1cccc(C2CCCN(C(=O)CC3CC(C)(C)NC(C)(C)C3)C2)n1. The van der Waals surface area contributed by atoms with E-state index < -0.39 is 0 Å². The Morgan fingerprint density at radius 2 is 1.91 bits per heavy atom. The number of piperidine rings is 2. The lowest BCUT2D eigenvalue weighted by atomic mass is 9.74. The molecule has 2 aliphatic rings. The van der Waals surface area contributed by atoms with Crippen molar-refractivity contribution in [1.29, 1.82) is 0 Å². The Bertz CT molecular complexity index is 970. The molecule has 1 unspecified atom stereocenters. The third kappa shape index (κ3) is 6.11. The molecule has 178 valence electrons. The van der Waals surface area contributed by atoms with Crippen LogP contribution in [0.3, 0.4) is 0 Å². The zero-order valence-electron chi connectivity index (χ0n) is 20.8. The van der Waals surface area contributed by atoms with E-state index in [1.807, 2.05) is 31.2 Å². The van der Waals surface area contributed by atoms with Gasteiger partial charge in [-0.15, -0.1) is 0 Å². The highest BCUT2D eigenvalue weighted by molar-refractivity contribution is 5.76. The minimum Gasteiger partial charge on any atom is -0.342 e. The van der Waals surface area contributed by atoms with E-state index in [1.54, 1.807) is 6.20 Å². The van der Waals surface area contributed by atoms with Crippen molar-refractivity contribution in [2.45, 2.75) is 83.7 Å². The van der Waals surface area contributed by atoms with Crippen LogP contribution in [0.15, 0.2) is 36.5 Å². The molecule has 0 aromatic carbocycles. The van der Waals surface area contributed by atoms with Gasteiger partial charge < -0.3 is 15.5 Å². The molecule has 1 amide bonds. The Hall–Kier alpha value is -2.47. The zero-order valence-corrected chi connectivity index (χ0v) is 20.8. The molecule has 0 saturated carbocycles. The predicted octanol–water partition coefficient (Wildman–Crippen LogP) is 5.18. The number of rotatable bonds is 5. The number of aryl methyl sites for hydroxylation is 1. The van der Waals surface area contributed by atoms with E-state index in [1.165, 1.54) is 0 Å². The van der Waals surface area contributed by atoms with Crippen molar-refractivity contribution in [1.82, 2.24) is 20.2 Å². The molecular formula is C27H39N5O. The second-order valence-corrected chi connectivity index (χ2v) is 11.3. The number of nitrogens with one attached hydrogen (secondary N) is 2. The molecule has 6 heteroatoms. The van der Waals surface area contributed by atoms with E-state index in [9.17, 15) is 4.79 Å². The Kier molecular flexibility index (Phi) is 6.76. The third-order valence-corrected chi connectivity index (χ3v) is 6.96. The summed E-state index contributed by atoms with van der Waals surface area (Å²) in [5.74, 6) is 2.63. The second kappa shape index (κ2) is 9.41. The second-order valence-electron chi connectivity index (χ2n) is 11.3. The fraction of sp³-hybridized carbons (Fsp3) is 0.593. The number of nitrogens with zero attached hydrogens (tertiary/aromatic N) is 3. The average molecular weight is 450 g/mol. The van der Waals surface area contributed by atoms with Gasteiger partial charge in [0.25, 0.3) is 0 Å². The normalized spacial score (nSPS) is 22.7. The molecule has 2 fully saturated rings. The van der Waals surface area contributed by atoms with Crippen molar-refractivity contribution in [2.24, 2.45) is 5.92 Å². The summed E-state index contributed by atoms with van der Waals surface area (Å²) < 4.78 is 0. The Morgan fingerprint density at radius 3 is 2.64 bits per heavy atom. The first-order valence-corrected chi connectivity index (χ1v) is 12.3. The van der Waals surface area contributed by atoms with Crippen LogP contribution in [0.1, 0.15) is 77.0 Å². The largest absolute Gasteiger partial charge is 0.342 e. The van der Waals surface area contributed by atoms with Gasteiger partial charge in [-0.05, 0) is 90.0 Å². The molecule has 0 aliphatic carbocycles. The fourth-order valence-corrected chi connectivity index (χ4v) is 5.99. The predicted molar refractivity (Wildman–Crippen MR) is 134 cm³/mol. The van der Waals surface area contributed by atoms with Crippen LogP contribution in [-0.4, -0.2) is 44.9 Å². The van der Waals surface area contributed by atoms with E-state index in [0.717, 1.165) is 61.7 Å². The first-order valence-electron chi connectivity index (χ1n) is 12.3. The molecule has 0 radical (unpaired) electrons. The number of amides is 1. The Balaban J connectivity index is 1.40. The van der Waals surface area contributed by atoms with E-state index in [-0.39, 0.29) is 17.0 Å². The maximum atomic E-state index is 13.3. The van der Waals surface area contributed by atoms with Crippen molar-refractivity contribution >= 4 is 17.5 Å². The van der Waals surface area contributed by atoms with Crippen LogP contribution in [0.2, 0.25) is 0 Å². The molecule has 0 spiro atoms. The summed E-state index contributed by atoms with van der Waals surface area (Å²) in [4.78, 5) is 24.7. The van der Waals surface area contributed by atoms with Crippen LogP contribution < -0.4 is 10.6 Å². The quantitative estimate of drug-likeness (QED) is 0.658. The van der Waals surface area contributed by atoms with Gasteiger partial charge >= 0.3 is 0 Å². The third-order valence-electron chi connectivity index (χ3n) is 6.96. The van der Waals surface area contributed by atoms with Gasteiger partial charge in [0.2, 0.25) is 5.91 Å². The number of anilines is 2. The summed E-state index contributed by atoms with van der Waals surface area (Å²) >= 11 is 0. The topological polar surface area (TPSA) is 70.2 Å². The highest BCUT2D eigenvalue weighted by Gasteiger charge is 2.39. The number of hydrogen-bond donors (Lipinski definition) is 2. The molecule has 2 N–H and O–H groups in total. The molecule has 6 nitrogen and oxygen atoms in total. The molecule has 33 heavy (non-hydrogen) atoms. The molecule has 4 rings (SSSR count). The summed E-state index contributed by atoms with van der Waals surface area (Å²) in [6.45, 7) is 12.7. The highest BCUT2D eigenvalue weighted by atomic mass is 16.2. The molecule has 2 aromatic heterocycles. The first-order chi connectivity index (χ1) is 15.6. The fourth-order valence-electron chi connectivity index (χ4n) is 5.99. The van der Waals surface area contributed by atoms with Gasteiger partial charge in [0, 0.05) is 48.4 Å². The van der Waals surface area contributed by atoms with Gasteiger partial charge in [-0.1, -0.05) is 12.1 Å². The van der Waals surface area contributed by atoms with Crippen LogP contribution in [0.4, 0.5) is 11.6 Å². The number of likely N-dealkylation sites (tertiary alicyclic amines) is 1. The lowest BCUT2D eigenvalue weighted by molar-refractivity contribution is -0.134. The van der Waals surface area contributed by atoms with Crippen LogP contribution in [0.25, 0.3) is 0 Å². The maximum absolute atomic E-state index is 13.3. The molecular weight excluding hydrogens is 410 g/mol. The molecule has 4 heterocycles. The summed E-state index contributed by atoms with van der Waals surface area (Å²) in [6, 6.07) is 10.1. The molecule has 1 atom stereocenters. The minimum absolute atomic E-state index is 0.0699. The molecule has 2 aromatic rings. The number of pyridine rings is 2. The van der Waals surface area contributed by atoms with Crippen molar-refractivity contribution in [3.63, 3.8) is 0 Å². The van der Waals surface area contributed by atoms with E-state index >= 15 is 0 Å². The number of aromatic nitrogens is 2. The minimum atomic E-state index is 0.0699. The lowest BCUT2D eigenvalue weighted by Gasteiger charge is -2.47. The van der Waals surface area contributed by atoms with E-state index in [0.29, 0.717) is 18.2 Å². The molecule has 0 bridgehead atoms. The Labute approximate surface area is 198 Å². The van der Waals surface area contributed by atoms with Gasteiger partial charge in [-0.3, -0.25) is 4.79 Å². The number of hydrogen-bond acceptors (Lipinski definition) is 5. The van der Waals surface area contributed by atoms with Crippen molar-refractivity contribution in [2.75, 3.05) is 18.4 Å². The smallest absolute Gasteiger partial charge is 0.222 e. The van der Waals surface area contributed by atoms with Gasteiger partial charge in [-0.2, -0.15) is 0 Å². The van der Waals surface area contributed by atoms with Crippen LogP contribution in [0, 0.1) is 12.8 Å². The monoisotopic (exact) mass is 449 g/mol. The zero-order chi connectivity index (χ0) is 23.6. The van der Waals surface area contributed by atoms with Crippen LogP contribution in [-0.2, 0) is 4.79 Å².